The van der Waals surface area contributed by atoms with Gasteiger partial charge in [-0.25, -0.2) is 0 Å². The van der Waals surface area contributed by atoms with Gasteiger partial charge in [-0.15, -0.1) is 0 Å². The Morgan fingerprint density at radius 2 is 2.00 bits per heavy atom. The minimum atomic E-state index is -1.16. The second kappa shape index (κ2) is 4.09. The Morgan fingerprint density at radius 1 is 1.28 bits per heavy atom. The molecule has 96 valence electrons. The van der Waals surface area contributed by atoms with Crippen LogP contribution in [0.1, 0.15) is 42.4 Å². The normalized spacial score (nSPS) is 21.4. The van der Waals surface area contributed by atoms with Crippen LogP contribution in [0, 0.1) is 5.92 Å². The van der Waals surface area contributed by atoms with Gasteiger partial charge >= 0.3 is 5.97 Å². The summed E-state index contributed by atoms with van der Waals surface area (Å²) in [5.41, 5.74) is 2.28. The molecule has 18 heavy (non-hydrogen) atoms. The van der Waals surface area contributed by atoms with Gasteiger partial charge in [0.25, 0.3) is 0 Å². The Kier molecular flexibility index (Phi) is 2.67. The van der Waals surface area contributed by atoms with E-state index in [1.807, 2.05) is 12.1 Å². The molecule has 0 amide bonds. The van der Waals surface area contributed by atoms with Gasteiger partial charge in [0.15, 0.2) is 0 Å². The Morgan fingerprint density at radius 3 is 2.67 bits per heavy atom. The number of aliphatic hydroxyl groups is 1. The molecular weight excluding hydrogens is 228 g/mol. The van der Waals surface area contributed by atoms with E-state index in [2.05, 4.69) is 6.07 Å². The first-order valence-corrected chi connectivity index (χ1v) is 6.66. The van der Waals surface area contributed by atoms with E-state index in [1.54, 1.807) is 0 Å². The summed E-state index contributed by atoms with van der Waals surface area (Å²) in [6, 6.07) is 6.02. The summed E-state index contributed by atoms with van der Waals surface area (Å²) in [6.45, 7) is 0. The maximum Gasteiger partial charge on any atom is 0.306 e. The molecule has 1 aromatic carbocycles. The van der Waals surface area contributed by atoms with Crippen LogP contribution >= 0.6 is 0 Å². The molecule has 0 heterocycles. The van der Waals surface area contributed by atoms with Crippen LogP contribution in [0.5, 0.6) is 0 Å². The fraction of sp³-hybridized carbons (Fsp3) is 0.533. The highest BCUT2D eigenvalue weighted by Gasteiger charge is 2.46. The standard InChI is InChI=1S/C15H18O3/c16-14(17)9-15(18,12-6-7-12)13-5-4-10-2-1-3-11(10)8-13/h4-5,8,12,18H,1-3,6-7,9H2,(H,16,17). The molecule has 0 bridgehead atoms. The number of hydrogen-bond acceptors (Lipinski definition) is 2. The minimum absolute atomic E-state index is 0.119. The van der Waals surface area contributed by atoms with Gasteiger partial charge in [0.05, 0.1) is 6.42 Å². The van der Waals surface area contributed by atoms with Crippen molar-refractivity contribution in [2.75, 3.05) is 0 Å². The van der Waals surface area contributed by atoms with Gasteiger partial charge in [-0.1, -0.05) is 18.2 Å². The second-order valence-corrected chi connectivity index (χ2v) is 5.61. The molecule has 0 spiro atoms. The number of hydrogen-bond donors (Lipinski definition) is 2. The lowest BCUT2D eigenvalue weighted by Gasteiger charge is -2.27. The lowest BCUT2D eigenvalue weighted by Crippen LogP contribution is -2.31. The topological polar surface area (TPSA) is 57.5 Å². The Labute approximate surface area is 106 Å². The van der Waals surface area contributed by atoms with E-state index >= 15 is 0 Å². The average Bonchev–Trinajstić information content (AvgIpc) is 3.07. The third-order valence-corrected chi connectivity index (χ3v) is 4.27. The molecule has 0 radical (unpaired) electrons. The molecular formula is C15H18O3. The first-order chi connectivity index (χ1) is 8.59. The highest BCUT2D eigenvalue weighted by Crippen LogP contribution is 2.48. The van der Waals surface area contributed by atoms with Crippen molar-refractivity contribution in [2.24, 2.45) is 5.92 Å². The maximum atomic E-state index is 11.0. The van der Waals surface area contributed by atoms with Crippen LogP contribution in [-0.4, -0.2) is 16.2 Å². The third-order valence-electron chi connectivity index (χ3n) is 4.27. The van der Waals surface area contributed by atoms with Crippen LogP contribution in [0.4, 0.5) is 0 Å². The molecule has 0 saturated heterocycles. The van der Waals surface area contributed by atoms with Crippen molar-refractivity contribution < 1.29 is 15.0 Å². The van der Waals surface area contributed by atoms with Crippen LogP contribution in [0.2, 0.25) is 0 Å². The zero-order valence-electron chi connectivity index (χ0n) is 10.4. The molecule has 3 rings (SSSR count). The summed E-state index contributed by atoms with van der Waals surface area (Å²) in [7, 11) is 0. The zero-order chi connectivity index (χ0) is 12.8. The molecule has 2 aliphatic rings. The number of carboxylic acid groups (broad SMARTS) is 1. The Hall–Kier alpha value is -1.35. The van der Waals surface area contributed by atoms with Crippen LogP contribution in [0.15, 0.2) is 18.2 Å². The predicted molar refractivity (Wildman–Crippen MR) is 67.3 cm³/mol. The number of carboxylic acids is 1. The largest absolute Gasteiger partial charge is 0.481 e. The predicted octanol–water partition coefficient (Wildman–Crippen LogP) is 2.25. The number of aliphatic carboxylic acids is 1. The van der Waals surface area contributed by atoms with E-state index in [0.717, 1.165) is 31.2 Å². The van der Waals surface area contributed by atoms with Crippen molar-refractivity contribution in [3.05, 3.63) is 34.9 Å². The number of aryl methyl sites for hydroxylation is 2. The first kappa shape index (κ1) is 11.7. The summed E-state index contributed by atoms with van der Waals surface area (Å²) in [5, 5.41) is 19.8. The maximum absolute atomic E-state index is 11.0. The number of rotatable bonds is 4. The van der Waals surface area contributed by atoms with Gasteiger partial charge in [-0.2, -0.15) is 0 Å². The lowest BCUT2D eigenvalue weighted by molar-refractivity contribution is -0.144. The molecule has 1 saturated carbocycles. The minimum Gasteiger partial charge on any atom is -0.481 e. The Bertz CT molecular complexity index is 491. The molecule has 1 aromatic rings. The van der Waals surface area contributed by atoms with Gasteiger partial charge in [0.1, 0.15) is 5.60 Å². The monoisotopic (exact) mass is 246 g/mol. The molecule has 2 N–H and O–H groups in total. The number of benzene rings is 1. The highest BCUT2D eigenvalue weighted by molar-refractivity contribution is 5.69. The smallest absolute Gasteiger partial charge is 0.306 e. The summed E-state index contributed by atoms with van der Waals surface area (Å²) in [5.74, 6) is -0.807. The molecule has 0 aromatic heterocycles. The van der Waals surface area contributed by atoms with Gasteiger partial charge in [0, 0.05) is 0 Å². The quantitative estimate of drug-likeness (QED) is 0.856. The Balaban J connectivity index is 1.97. The van der Waals surface area contributed by atoms with E-state index in [4.69, 9.17) is 5.11 Å². The molecule has 3 nitrogen and oxygen atoms in total. The van der Waals surface area contributed by atoms with E-state index in [1.165, 1.54) is 17.5 Å². The molecule has 2 aliphatic carbocycles. The molecule has 3 heteroatoms. The van der Waals surface area contributed by atoms with Crippen molar-refractivity contribution in [1.29, 1.82) is 0 Å². The first-order valence-electron chi connectivity index (χ1n) is 6.66. The van der Waals surface area contributed by atoms with Crippen molar-refractivity contribution in [3.63, 3.8) is 0 Å². The summed E-state index contributed by atoms with van der Waals surface area (Å²) in [6.07, 6.45) is 5.01. The fourth-order valence-electron chi connectivity index (χ4n) is 3.11. The van der Waals surface area contributed by atoms with Crippen molar-refractivity contribution >= 4 is 5.97 Å². The SMILES string of the molecule is O=C(O)CC(O)(c1ccc2c(c1)CCC2)C1CC1. The van der Waals surface area contributed by atoms with Gasteiger partial charge in [0.2, 0.25) is 0 Å². The van der Waals surface area contributed by atoms with E-state index in [0.29, 0.717) is 0 Å². The van der Waals surface area contributed by atoms with E-state index in [9.17, 15) is 9.90 Å². The zero-order valence-corrected chi connectivity index (χ0v) is 10.4. The summed E-state index contributed by atoms with van der Waals surface area (Å²) < 4.78 is 0. The summed E-state index contributed by atoms with van der Waals surface area (Å²) in [4.78, 5) is 11.0. The van der Waals surface area contributed by atoms with Gasteiger partial charge in [-0.3, -0.25) is 4.79 Å². The van der Waals surface area contributed by atoms with Crippen molar-refractivity contribution in [1.82, 2.24) is 0 Å². The van der Waals surface area contributed by atoms with Crippen LogP contribution in [0.25, 0.3) is 0 Å². The number of carbonyl (C=O) groups is 1. The molecule has 1 atom stereocenters. The average molecular weight is 246 g/mol. The van der Waals surface area contributed by atoms with Crippen LogP contribution in [0.3, 0.4) is 0 Å². The van der Waals surface area contributed by atoms with Crippen molar-refractivity contribution in [2.45, 2.75) is 44.1 Å². The molecule has 0 aliphatic heterocycles. The van der Waals surface area contributed by atoms with Gasteiger partial charge in [-0.05, 0) is 54.7 Å². The second-order valence-electron chi connectivity index (χ2n) is 5.61. The number of fused-ring (bicyclic) bond motifs is 1. The lowest BCUT2D eigenvalue weighted by atomic mass is 9.84. The van der Waals surface area contributed by atoms with Crippen molar-refractivity contribution in [3.8, 4) is 0 Å². The molecule has 1 unspecified atom stereocenters. The fourth-order valence-corrected chi connectivity index (χ4v) is 3.11. The van der Waals surface area contributed by atoms with Crippen LogP contribution < -0.4 is 0 Å². The van der Waals surface area contributed by atoms with Gasteiger partial charge < -0.3 is 10.2 Å². The molecule has 1 fully saturated rings. The van der Waals surface area contributed by atoms with E-state index in [-0.39, 0.29) is 12.3 Å². The van der Waals surface area contributed by atoms with Crippen LogP contribution in [-0.2, 0) is 23.2 Å². The van der Waals surface area contributed by atoms with E-state index < -0.39 is 11.6 Å². The summed E-state index contributed by atoms with van der Waals surface area (Å²) >= 11 is 0. The third kappa shape index (κ3) is 1.93. The highest BCUT2D eigenvalue weighted by atomic mass is 16.4.